The molecule has 0 aliphatic carbocycles. The van der Waals surface area contributed by atoms with Gasteiger partial charge in [0.1, 0.15) is 5.82 Å². The van der Waals surface area contributed by atoms with Gasteiger partial charge in [-0.2, -0.15) is 0 Å². The SMILES string of the molecule is Cc1ccc(Cl)cc1CCC(=O)NCc1ccc(F)cc1. The highest BCUT2D eigenvalue weighted by molar-refractivity contribution is 6.30. The Balaban J connectivity index is 1.82. The van der Waals surface area contributed by atoms with Crippen LogP contribution in [0.1, 0.15) is 23.1 Å². The average molecular weight is 306 g/mol. The fourth-order valence-corrected chi connectivity index (χ4v) is 2.24. The molecule has 0 bridgehead atoms. The molecule has 0 fully saturated rings. The maximum Gasteiger partial charge on any atom is 0.220 e. The summed E-state index contributed by atoms with van der Waals surface area (Å²) >= 11 is 5.95. The van der Waals surface area contributed by atoms with Gasteiger partial charge in [0.15, 0.2) is 0 Å². The van der Waals surface area contributed by atoms with Crippen LogP contribution >= 0.6 is 11.6 Å². The Kier molecular flexibility index (Phi) is 5.34. The number of hydrogen-bond acceptors (Lipinski definition) is 1. The van der Waals surface area contributed by atoms with Crippen molar-refractivity contribution in [1.82, 2.24) is 5.32 Å². The third-order valence-electron chi connectivity index (χ3n) is 3.34. The predicted octanol–water partition coefficient (Wildman–Crippen LogP) is 4.04. The van der Waals surface area contributed by atoms with E-state index >= 15 is 0 Å². The van der Waals surface area contributed by atoms with Gasteiger partial charge in [-0.3, -0.25) is 4.79 Å². The summed E-state index contributed by atoms with van der Waals surface area (Å²) in [5.74, 6) is -0.305. The molecule has 0 spiro atoms. The monoisotopic (exact) mass is 305 g/mol. The first kappa shape index (κ1) is 15.5. The van der Waals surface area contributed by atoms with Gasteiger partial charge in [-0.25, -0.2) is 4.39 Å². The first-order valence-electron chi connectivity index (χ1n) is 6.81. The number of rotatable bonds is 5. The molecule has 0 radical (unpaired) electrons. The number of amides is 1. The first-order chi connectivity index (χ1) is 10.0. The van der Waals surface area contributed by atoms with E-state index in [0.717, 1.165) is 16.7 Å². The van der Waals surface area contributed by atoms with Crippen LogP contribution in [-0.2, 0) is 17.8 Å². The molecule has 1 amide bonds. The minimum absolute atomic E-state index is 0.0290. The van der Waals surface area contributed by atoms with Gasteiger partial charge in [-0.15, -0.1) is 0 Å². The Hall–Kier alpha value is -1.87. The minimum Gasteiger partial charge on any atom is -0.352 e. The molecule has 2 aromatic rings. The lowest BCUT2D eigenvalue weighted by Gasteiger charge is -2.08. The van der Waals surface area contributed by atoms with E-state index in [1.54, 1.807) is 12.1 Å². The van der Waals surface area contributed by atoms with Crippen molar-refractivity contribution in [2.75, 3.05) is 0 Å². The molecule has 0 aromatic heterocycles. The Morgan fingerprint density at radius 1 is 1.19 bits per heavy atom. The van der Waals surface area contributed by atoms with Crippen LogP contribution in [0.3, 0.4) is 0 Å². The third kappa shape index (κ3) is 4.87. The molecule has 0 aliphatic rings. The maximum atomic E-state index is 12.8. The molecule has 110 valence electrons. The van der Waals surface area contributed by atoms with Crippen LogP contribution in [0.2, 0.25) is 5.02 Å². The highest BCUT2D eigenvalue weighted by Crippen LogP contribution is 2.16. The number of benzene rings is 2. The van der Waals surface area contributed by atoms with Gasteiger partial charge < -0.3 is 5.32 Å². The highest BCUT2D eigenvalue weighted by Gasteiger charge is 2.05. The molecule has 0 saturated carbocycles. The number of halogens is 2. The second-order valence-electron chi connectivity index (χ2n) is 4.97. The molecule has 4 heteroatoms. The molecule has 0 aliphatic heterocycles. The van der Waals surface area contributed by atoms with E-state index in [2.05, 4.69) is 5.32 Å². The fourth-order valence-electron chi connectivity index (χ4n) is 2.05. The van der Waals surface area contributed by atoms with Crippen molar-refractivity contribution >= 4 is 17.5 Å². The zero-order chi connectivity index (χ0) is 15.2. The molecule has 2 rings (SSSR count). The second-order valence-corrected chi connectivity index (χ2v) is 5.41. The van der Waals surface area contributed by atoms with Gasteiger partial charge in [0.25, 0.3) is 0 Å². The van der Waals surface area contributed by atoms with E-state index < -0.39 is 0 Å². The lowest BCUT2D eigenvalue weighted by atomic mass is 10.0. The van der Waals surface area contributed by atoms with Gasteiger partial charge in [-0.1, -0.05) is 29.8 Å². The molecule has 1 N–H and O–H groups in total. The van der Waals surface area contributed by atoms with E-state index in [1.807, 2.05) is 25.1 Å². The van der Waals surface area contributed by atoms with E-state index in [0.29, 0.717) is 24.4 Å². The smallest absolute Gasteiger partial charge is 0.220 e. The molecule has 21 heavy (non-hydrogen) atoms. The lowest BCUT2D eigenvalue weighted by molar-refractivity contribution is -0.121. The van der Waals surface area contributed by atoms with Crippen molar-refractivity contribution in [2.24, 2.45) is 0 Å². The summed E-state index contributed by atoms with van der Waals surface area (Å²) in [5.41, 5.74) is 3.09. The molecule has 0 saturated heterocycles. The highest BCUT2D eigenvalue weighted by atomic mass is 35.5. The van der Waals surface area contributed by atoms with Gasteiger partial charge in [0, 0.05) is 18.0 Å². The van der Waals surface area contributed by atoms with Crippen LogP contribution in [0, 0.1) is 12.7 Å². The van der Waals surface area contributed by atoms with Crippen molar-refractivity contribution in [3.63, 3.8) is 0 Å². The first-order valence-corrected chi connectivity index (χ1v) is 7.18. The van der Waals surface area contributed by atoms with Crippen LogP contribution in [0.25, 0.3) is 0 Å². The standard InChI is InChI=1S/C17H17ClFNO/c1-12-2-6-15(18)10-14(12)5-9-17(21)20-11-13-3-7-16(19)8-4-13/h2-4,6-8,10H,5,9,11H2,1H3,(H,20,21). The van der Waals surface area contributed by atoms with E-state index in [4.69, 9.17) is 11.6 Å². The summed E-state index contributed by atoms with van der Waals surface area (Å²) in [6, 6.07) is 11.8. The Bertz CT molecular complexity index is 625. The summed E-state index contributed by atoms with van der Waals surface area (Å²) < 4.78 is 12.8. The molecule has 0 unspecified atom stereocenters. The Morgan fingerprint density at radius 2 is 1.90 bits per heavy atom. The van der Waals surface area contributed by atoms with Crippen molar-refractivity contribution in [1.29, 1.82) is 0 Å². The van der Waals surface area contributed by atoms with Crippen LogP contribution in [-0.4, -0.2) is 5.91 Å². The fraction of sp³-hybridized carbons (Fsp3) is 0.235. The molecular formula is C17H17ClFNO. The van der Waals surface area contributed by atoms with Crippen LogP contribution in [0.5, 0.6) is 0 Å². The van der Waals surface area contributed by atoms with Crippen molar-refractivity contribution in [3.05, 3.63) is 70.0 Å². The summed E-state index contributed by atoms with van der Waals surface area (Å²) in [6.45, 7) is 2.41. The van der Waals surface area contributed by atoms with Crippen LogP contribution in [0.15, 0.2) is 42.5 Å². The van der Waals surface area contributed by atoms with Gasteiger partial charge in [0.05, 0.1) is 0 Å². The van der Waals surface area contributed by atoms with Gasteiger partial charge >= 0.3 is 0 Å². The Morgan fingerprint density at radius 3 is 2.62 bits per heavy atom. The summed E-state index contributed by atoms with van der Waals surface area (Å²) in [5, 5.41) is 3.51. The summed E-state index contributed by atoms with van der Waals surface area (Å²) in [4.78, 5) is 11.8. The number of carbonyl (C=O) groups is 1. The number of nitrogens with one attached hydrogen (secondary N) is 1. The number of hydrogen-bond donors (Lipinski definition) is 1. The molecule has 2 nitrogen and oxygen atoms in total. The average Bonchev–Trinajstić information content (AvgIpc) is 2.47. The second kappa shape index (κ2) is 7.23. The quantitative estimate of drug-likeness (QED) is 0.887. The molecule has 2 aromatic carbocycles. The largest absolute Gasteiger partial charge is 0.352 e. The van der Waals surface area contributed by atoms with Crippen molar-refractivity contribution < 1.29 is 9.18 Å². The van der Waals surface area contributed by atoms with Crippen LogP contribution in [0.4, 0.5) is 4.39 Å². The van der Waals surface area contributed by atoms with Gasteiger partial charge in [0.2, 0.25) is 5.91 Å². The van der Waals surface area contributed by atoms with Crippen molar-refractivity contribution in [2.45, 2.75) is 26.3 Å². The van der Waals surface area contributed by atoms with E-state index in [1.165, 1.54) is 12.1 Å². The molecule has 0 atom stereocenters. The van der Waals surface area contributed by atoms with Crippen molar-refractivity contribution in [3.8, 4) is 0 Å². The summed E-state index contributed by atoms with van der Waals surface area (Å²) in [6.07, 6.45) is 1.06. The molecule has 0 heterocycles. The minimum atomic E-state index is -0.276. The Labute approximate surface area is 128 Å². The topological polar surface area (TPSA) is 29.1 Å². The van der Waals surface area contributed by atoms with E-state index in [9.17, 15) is 9.18 Å². The van der Waals surface area contributed by atoms with Gasteiger partial charge in [-0.05, 0) is 54.3 Å². The zero-order valence-electron chi connectivity index (χ0n) is 11.8. The lowest BCUT2D eigenvalue weighted by Crippen LogP contribution is -2.23. The third-order valence-corrected chi connectivity index (χ3v) is 3.57. The zero-order valence-corrected chi connectivity index (χ0v) is 12.6. The number of aryl methyl sites for hydroxylation is 2. The number of carbonyl (C=O) groups excluding carboxylic acids is 1. The van der Waals surface area contributed by atoms with E-state index in [-0.39, 0.29) is 11.7 Å². The maximum absolute atomic E-state index is 12.8. The normalized spacial score (nSPS) is 10.4. The van der Waals surface area contributed by atoms with Crippen LogP contribution < -0.4 is 5.32 Å². The predicted molar refractivity (Wildman–Crippen MR) is 82.8 cm³/mol. The summed E-state index contributed by atoms with van der Waals surface area (Å²) in [7, 11) is 0. The molecular weight excluding hydrogens is 289 g/mol.